The number of nitrogens with one attached hydrogen (secondary N) is 1. The van der Waals surface area contributed by atoms with E-state index in [-0.39, 0.29) is 12.6 Å². The van der Waals surface area contributed by atoms with E-state index in [4.69, 9.17) is 9.84 Å². The molecule has 86 valence electrons. The van der Waals surface area contributed by atoms with Crippen LogP contribution in [0.2, 0.25) is 0 Å². The molecule has 0 bridgehead atoms. The second-order valence-corrected chi connectivity index (χ2v) is 4.40. The summed E-state index contributed by atoms with van der Waals surface area (Å²) >= 11 is 1.87. The molecule has 14 heavy (non-hydrogen) atoms. The van der Waals surface area contributed by atoms with Crippen LogP contribution in [0.15, 0.2) is 0 Å². The molecule has 0 saturated heterocycles. The molecule has 0 heterocycles. The molecule has 0 spiro atoms. The molecule has 0 aliphatic carbocycles. The summed E-state index contributed by atoms with van der Waals surface area (Å²) in [5.74, 6) is 2.10. The Hall–Kier alpha value is 0.230. The standard InChI is InChI=1S/C10H23NO2S/c1-3-5-11-10(8-12)9-14-7-4-6-13-2/h10-12H,3-9H2,1-2H3. The Labute approximate surface area is 91.6 Å². The van der Waals surface area contributed by atoms with Crippen molar-refractivity contribution in [2.75, 3.05) is 38.4 Å². The van der Waals surface area contributed by atoms with Crippen molar-refractivity contribution in [3.8, 4) is 0 Å². The van der Waals surface area contributed by atoms with Gasteiger partial charge in [-0.15, -0.1) is 0 Å². The SMILES string of the molecule is CCCNC(CO)CSCCCOC. The second kappa shape index (κ2) is 11.3. The van der Waals surface area contributed by atoms with E-state index >= 15 is 0 Å². The van der Waals surface area contributed by atoms with Crippen LogP contribution < -0.4 is 5.32 Å². The molecule has 0 aromatic heterocycles. The quantitative estimate of drug-likeness (QED) is 0.542. The van der Waals surface area contributed by atoms with Crippen LogP contribution in [0.5, 0.6) is 0 Å². The Morgan fingerprint density at radius 3 is 2.86 bits per heavy atom. The fourth-order valence-corrected chi connectivity index (χ4v) is 2.05. The number of hydrogen-bond acceptors (Lipinski definition) is 4. The van der Waals surface area contributed by atoms with Crippen molar-refractivity contribution in [3.63, 3.8) is 0 Å². The van der Waals surface area contributed by atoms with Crippen LogP contribution in [-0.4, -0.2) is 49.5 Å². The van der Waals surface area contributed by atoms with Gasteiger partial charge in [0.25, 0.3) is 0 Å². The molecular weight excluding hydrogens is 198 g/mol. The van der Waals surface area contributed by atoms with Crippen molar-refractivity contribution in [3.05, 3.63) is 0 Å². The maximum Gasteiger partial charge on any atom is 0.0592 e. The number of methoxy groups -OCH3 is 1. The minimum Gasteiger partial charge on any atom is -0.395 e. The highest BCUT2D eigenvalue weighted by Crippen LogP contribution is 2.04. The largest absolute Gasteiger partial charge is 0.395 e. The molecule has 0 radical (unpaired) electrons. The molecular formula is C10H23NO2S. The predicted molar refractivity (Wildman–Crippen MR) is 63.0 cm³/mol. The highest BCUT2D eigenvalue weighted by Gasteiger charge is 2.04. The van der Waals surface area contributed by atoms with Gasteiger partial charge in [-0.25, -0.2) is 0 Å². The zero-order valence-corrected chi connectivity index (χ0v) is 10.1. The summed E-state index contributed by atoms with van der Waals surface area (Å²) in [6.07, 6.45) is 2.21. The number of thioether (sulfide) groups is 1. The fourth-order valence-electron chi connectivity index (χ4n) is 1.06. The van der Waals surface area contributed by atoms with E-state index < -0.39 is 0 Å². The van der Waals surface area contributed by atoms with Crippen molar-refractivity contribution < 1.29 is 9.84 Å². The molecule has 0 aromatic rings. The van der Waals surface area contributed by atoms with Crippen LogP contribution in [0.25, 0.3) is 0 Å². The maximum absolute atomic E-state index is 9.05. The molecule has 0 rings (SSSR count). The van der Waals surface area contributed by atoms with Gasteiger partial charge in [0, 0.05) is 25.5 Å². The molecule has 0 aromatic carbocycles. The highest BCUT2D eigenvalue weighted by molar-refractivity contribution is 7.99. The van der Waals surface area contributed by atoms with Crippen LogP contribution in [0.3, 0.4) is 0 Å². The van der Waals surface area contributed by atoms with E-state index in [9.17, 15) is 0 Å². The summed E-state index contributed by atoms with van der Waals surface area (Å²) < 4.78 is 4.96. The second-order valence-electron chi connectivity index (χ2n) is 3.25. The van der Waals surface area contributed by atoms with Crippen molar-refractivity contribution in [2.45, 2.75) is 25.8 Å². The average molecular weight is 221 g/mol. The molecule has 1 unspecified atom stereocenters. The van der Waals surface area contributed by atoms with Gasteiger partial charge in [0.1, 0.15) is 0 Å². The molecule has 0 fully saturated rings. The minimum atomic E-state index is 0.233. The summed E-state index contributed by atoms with van der Waals surface area (Å²) in [5.41, 5.74) is 0. The van der Waals surface area contributed by atoms with E-state index in [1.54, 1.807) is 7.11 Å². The Kier molecular flexibility index (Phi) is 11.5. The lowest BCUT2D eigenvalue weighted by atomic mass is 10.3. The third kappa shape index (κ3) is 8.81. The third-order valence-electron chi connectivity index (χ3n) is 1.86. The van der Waals surface area contributed by atoms with Gasteiger partial charge in [0.15, 0.2) is 0 Å². The zero-order valence-electron chi connectivity index (χ0n) is 9.29. The molecule has 0 aliphatic rings. The monoisotopic (exact) mass is 221 g/mol. The Bertz CT molecular complexity index is 114. The number of aliphatic hydroxyl groups is 1. The van der Waals surface area contributed by atoms with E-state index in [1.165, 1.54) is 0 Å². The highest BCUT2D eigenvalue weighted by atomic mass is 32.2. The van der Waals surface area contributed by atoms with E-state index in [0.29, 0.717) is 0 Å². The fraction of sp³-hybridized carbons (Fsp3) is 1.00. The molecule has 3 nitrogen and oxygen atoms in total. The summed E-state index contributed by atoms with van der Waals surface area (Å²) in [5, 5.41) is 12.4. The van der Waals surface area contributed by atoms with Crippen LogP contribution in [0, 0.1) is 0 Å². The van der Waals surface area contributed by atoms with Crippen molar-refractivity contribution in [2.24, 2.45) is 0 Å². The van der Waals surface area contributed by atoms with E-state index in [2.05, 4.69) is 12.2 Å². The molecule has 1 atom stereocenters. The summed E-state index contributed by atoms with van der Waals surface area (Å²) in [6.45, 7) is 4.19. The first kappa shape index (κ1) is 14.2. The van der Waals surface area contributed by atoms with Gasteiger partial charge in [-0.05, 0) is 25.1 Å². The van der Waals surface area contributed by atoms with Gasteiger partial charge < -0.3 is 15.2 Å². The lowest BCUT2D eigenvalue weighted by Crippen LogP contribution is -2.35. The van der Waals surface area contributed by atoms with Crippen molar-refractivity contribution >= 4 is 11.8 Å². The van der Waals surface area contributed by atoms with Crippen LogP contribution in [-0.2, 0) is 4.74 Å². The van der Waals surface area contributed by atoms with Crippen LogP contribution >= 0.6 is 11.8 Å². The van der Waals surface area contributed by atoms with Gasteiger partial charge in [0.05, 0.1) is 6.61 Å². The average Bonchev–Trinajstić information content (AvgIpc) is 2.22. The lowest BCUT2D eigenvalue weighted by Gasteiger charge is -2.14. The van der Waals surface area contributed by atoms with Gasteiger partial charge in [0.2, 0.25) is 0 Å². The van der Waals surface area contributed by atoms with Crippen LogP contribution in [0.4, 0.5) is 0 Å². The van der Waals surface area contributed by atoms with Gasteiger partial charge in [-0.1, -0.05) is 6.92 Å². The number of rotatable bonds is 10. The Morgan fingerprint density at radius 2 is 2.29 bits per heavy atom. The van der Waals surface area contributed by atoms with Crippen molar-refractivity contribution in [1.29, 1.82) is 0 Å². The lowest BCUT2D eigenvalue weighted by molar-refractivity contribution is 0.200. The third-order valence-corrected chi connectivity index (χ3v) is 3.07. The van der Waals surface area contributed by atoms with Gasteiger partial charge in [-0.3, -0.25) is 0 Å². The van der Waals surface area contributed by atoms with E-state index in [0.717, 1.165) is 37.5 Å². The smallest absolute Gasteiger partial charge is 0.0592 e. The molecule has 4 heteroatoms. The van der Waals surface area contributed by atoms with Crippen molar-refractivity contribution in [1.82, 2.24) is 5.32 Å². The topological polar surface area (TPSA) is 41.5 Å². The first-order valence-electron chi connectivity index (χ1n) is 5.26. The predicted octanol–water partition coefficient (Wildman–Crippen LogP) is 1.12. The first-order valence-corrected chi connectivity index (χ1v) is 6.41. The zero-order chi connectivity index (χ0) is 10.6. The Morgan fingerprint density at radius 1 is 1.50 bits per heavy atom. The molecule has 2 N–H and O–H groups in total. The maximum atomic E-state index is 9.05. The molecule has 0 aliphatic heterocycles. The number of hydrogen-bond donors (Lipinski definition) is 2. The molecule has 0 saturated carbocycles. The number of aliphatic hydroxyl groups excluding tert-OH is 1. The van der Waals surface area contributed by atoms with Crippen LogP contribution in [0.1, 0.15) is 19.8 Å². The first-order chi connectivity index (χ1) is 6.85. The number of ether oxygens (including phenoxy) is 1. The summed E-state index contributed by atoms with van der Waals surface area (Å²) in [4.78, 5) is 0. The molecule has 0 amide bonds. The normalized spacial score (nSPS) is 13.1. The van der Waals surface area contributed by atoms with Gasteiger partial charge in [-0.2, -0.15) is 11.8 Å². The minimum absolute atomic E-state index is 0.233. The summed E-state index contributed by atoms with van der Waals surface area (Å²) in [7, 11) is 1.73. The van der Waals surface area contributed by atoms with E-state index in [1.807, 2.05) is 11.8 Å². The Balaban J connectivity index is 3.24. The summed E-state index contributed by atoms with van der Waals surface area (Å²) in [6, 6.07) is 0.252. The van der Waals surface area contributed by atoms with Gasteiger partial charge >= 0.3 is 0 Å².